The second-order valence-electron chi connectivity index (χ2n) is 7.99. The fourth-order valence-electron chi connectivity index (χ4n) is 4.10. The molecule has 1 N–H and O–H groups in total. The molecule has 2 aromatic carbocycles. The molecular weight excluding hydrogens is 431 g/mol. The summed E-state index contributed by atoms with van der Waals surface area (Å²) < 4.78 is 39.9. The van der Waals surface area contributed by atoms with Crippen LogP contribution in [0.1, 0.15) is 33.0 Å². The lowest BCUT2D eigenvalue weighted by Gasteiger charge is -2.19. The summed E-state index contributed by atoms with van der Waals surface area (Å²) in [6.07, 6.45) is -1.24. The second-order valence-corrected chi connectivity index (χ2v) is 7.99. The summed E-state index contributed by atoms with van der Waals surface area (Å²) in [4.78, 5) is 31.7. The van der Waals surface area contributed by atoms with Crippen molar-refractivity contribution < 1.29 is 22.8 Å². The van der Waals surface area contributed by atoms with Gasteiger partial charge in [-0.1, -0.05) is 42.5 Å². The van der Waals surface area contributed by atoms with E-state index in [-0.39, 0.29) is 31.4 Å². The zero-order chi connectivity index (χ0) is 23.4. The summed E-state index contributed by atoms with van der Waals surface area (Å²) in [6.45, 7) is 0.513. The summed E-state index contributed by atoms with van der Waals surface area (Å²) in [7, 11) is 0. The van der Waals surface area contributed by atoms with E-state index in [9.17, 15) is 22.8 Å². The number of nitrogens with one attached hydrogen (secondary N) is 1. The van der Waals surface area contributed by atoms with Gasteiger partial charge in [-0.25, -0.2) is 0 Å². The van der Waals surface area contributed by atoms with Gasteiger partial charge in [-0.05, 0) is 35.4 Å². The van der Waals surface area contributed by atoms with Crippen LogP contribution in [-0.4, -0.2) is 34.8 Å². The Hall–Kier alpha value is -3.68. The molecule has 170 valence electrons. The number of likely N-dealkylation sites (tertiary alicyclic amines) is 1. The number of pyridine rings is 1. The van der Waals surface area contributed by atoms with Crippen molar-refractivity contribution in [2.75, 3.05) is 13.1 Å². The third kappa shape index (κ3) is 5.22. The fraction of sp³-hybridized carbons (Fsp3) is 0.240. The lowest BCUT2D eigenvalue weighted by molar-refractivity contribution is -0.137. The third-order valence-corrected chi connectivity index (χ3v) is 5.80. The molecule has 0 aliphatic carbocycles. The number of amides is 2. The first-order valence-corrected chi connectivity index (χ1v) is 10.5. The van der Waals surface area contributed by atoms with Gasteiger partial charge in [0.15, 0.2) is 0 Å². The molecule has 0 radical (unpaired) electrons. The minimum absolute atomic E-state index is 0.119. The number of rotatable bonds is 5. The zero-order valence-electron chi connectivity index (χ0n) is 17.6. The van der Waals surface area contributed by atoms with Crippen LogP contribution in [0.4, 0.5) is 13.2 Å². The van der Waals surface area contributed by atoms with E-state index >= 15 is 0 Å². The first kappa shape index (κ1) is 22.5. The summed E-state index contributed by atoms with van der Waals surface area (Å²) in [5.41, 5.74) is 0.880. The molecule has 0 spiro atoms. The lowest BCUT2D eigenvalue weighted by Crippen LogP contribution is -2.35. The quantitative estimate of drug-likeness (QED) is 0.628. The zero-order valence-corrected chi connectivity index (χ0v) is 17.6. The molecule has 1 aliphatic rings. The van der Waals surface area contributed by atoms with Gasteiger partial charge in [0, 0.05) is 43.5 Å². The molecule has 2 amide bonds. The number of carbonyl (C=O) groups excluding carboxylic acids is 2. The number of hydrogen-bond acceptors (Lipinski definition) is 3. The number of carbonyl (C=O) groups is 2. The predicted octanol–water partition coefficient (Wildman–Crippen LogP) is 4.27. The van der Waals surface area contributed by atoms with Crippen LogP contribution in [0.5, 0.6) is 0 Å². The van der Waals surface area contributed by atoms with Crippen LogP contribution in [-0.2, 0) is 17.5 Å². The minimum Gasteiger partial charge on any atom is -0.352 e. The Bertz CT molecular complexity index is 1120. The van der Waals surface area contributed by atoms with Crippen LogP contribution in [0.3, 0.4) is 0 Å². The van der Waals surface area contributed by atoms with Crippen molar-refractivity contribution in [3.63, 3.8) is 0 Å². The number of aromatic nitrogens is 1. The van der Waals surface area contributed by atoms with Gasteiger partial charge >= 0.3 is 6.18 Å². The molecular formula is C25H22F3N3O2. The van der Waals surface area contributed by atoms with E-state index in [0.29, 0.717) is 11.1 Å². The average molecular weight is 453 g/mol. The largest absolute Gasteiger partial charge is 0.416 e. The van der Waals surface area contributed by atoms with E-state index < -0.39 is 23.6 Å². The van der Waals surface area contributed by atoms with Gasteiger partial charge in [-0.15, -0.1) is 0 Å². The first-order valence-electron chi connectivity index (χ1n) is 10.5. The Balaban J connectivity index is 1.59. The van der Waals surface area contributed by atoms with E-state index in [1.165, 1.54) is 11.0 Å². The van der Waals surface area contributed by atoms with E-state index in [4.69, 9.17) is 0 Å². The van der Waals surface area contributed by atoms with Crippen molar-refractivity contribution >= 4 is 11.8 Å². The van der Waals surface area contributed by atoms with Gasteiger partial charge in [0.1, 0.15) is 0 Å². The fourth-order valence-corrected chi connectivity index (χ4v) is 4.10. The molecule has 1 aromatic heterocycles. The molecule has 2 atom stereocenters. The Labute approximate surface area is 189 Å². The Morgan fingerprint density at radius 3 is 2.48 bits per heavy atom. The molecule has 4 rings (SSSR count). The SMILES string of the molecule is O=C(NCc1cccnc1)C1CN(C(=O)c2ccccc2)CC1c1cccc(C(F)(F)F)c1. The van der Waals surface area contributed by atoms with Crippen molar-refractivity contribution in [2.45, 2.75) is 18.6 Å². The van der Waals surface area contributed by atoms with Crippen molar-refractivity contribution in [1.82, 2.24) is 15.2 Å². The maximum Gasteiger partial charge on any atom is 0.416 e. The maximum absolute atomic E-state index is 13.3. The van der Waals surface area contributed by atoms with E-state index in [1.54, 1.807) is 54.9 Å². The van der Waals surface area contributed by atoms with Crippen LogP contribution in [0.15, 0.2) is 79.1 Å². The molecule has 2 unspecified atom stereocenters. The normalized spacial score (nSPS) is 18.2. The van der Waals surface area contributed by atoms with Crippen molar-refractivity contribution in [3.05, 3.63) is 101 Å². The van der Waals surface area contributed by atoms with Gasteiger partial charge in [0.05, 0.1) is 11.5 Å². The van der Waals surface area contributed by atoms with Crippen molar-refractivity contribution in [1.29, 1.82) is 0 Å². The van der Waals surface area contributed by atoms with Gasteiger partial charge < -0.3 is 10.2 Å². The first-order chi connectivity index (χ1) is 15.8. The van der Waals surface area contributed by atoms with Gasteiger partial charge in [0.25, 0.3) is 5.91 Å². The third-order valence-electron chi connectivity index (χ3n) is 5.80. The van der Waals surface area contributed by atoms with Crippen LogP contribution < -0.4 is 5.32 Å². The average Bonchev–Trinajstić information content (AvgIpc) is 3.28. The Morgan fingerprint density at radius 2 is 1.79 bits per heavy atom. The van der Waals surface area contributed by atoms with Crippen molar-refractivity contribution in [3.8, 4) is 0 Å². The smallest absolute Gasteiger partial charge is 0.352 e. The molecule has 8 heteroatoms. The number of halogens is 3. The van der Waals surface area contributed by atoms with Gasteiger partial charge in [0.2, 0.25) is 5.91 Å². The Kier molecular flexibility index (Phi) is 6.44. The highest BCUT2D eigenvalue weighted by atomic mass is 19.4. The van der Waals surface area contributed by atoms with Gasteiger partial charge in [-0.3, -0.25) is 14.6 Å². The number of hydrogen-bond donors (Lipinski definition) is 1. The topological polar surface area (TPSA) is 62.3 Å². The second kappa shape index (κ2) is 9.44. The minimum atomic E-state index is -4.49. The summed E-state index contributed by atoms with van der Waals surface area (Å²) in [5.74, 6) is -1.81. The lowest BCUT2D eigenvalue weighted by atomic mass is 9.87. The molecule has 1 saturated heterocycles. The van der Waals surface area contributed by atoms with E-state index in [0.717, 1.165) is 17.7 Å². The highest BCUT2D eigenvalue weighted by molar-refractivity contribution is 5.95. The van der Waals surface area contributed by atoms with Gasteiger partial charge in [-0.2, -0.15) is 13.2 Å². The van der Waals surface area contributed by atoms with Crippen LogP contribution in [0.2, 0.25) is 0 Å². The molecule has 0 bridgehead atoms. The number of nitrogens with zero attached hydrogens (tertiary/aromatic N) is 2. The summed E-state index contributed by atoms with van der Waals surface area (Å²) in [5, 5.41) is 2.85. The van der Waals surface area contributed by atoms with Crippen LogP contribution >= 0.6 is 0 Å². The maximum atomic E-state index is 13.3. The predicted molar refractivity (Wildman–Crippen MR) is 116 cm³/mol. The van der Waals surface area contributed by atoms with Crippen molar-refractivity contribution in [2.24, 2.45) is 5.92 Å². The van der Waals surface area contributed by atoms with E-state index in [2.05, 4.69) is 10.3 Å². The van der Waals surface area contributed by atoms with Crippen LogP contribution in [0.25, 0.3) is 0 Å². The number of benzene rings is 2. The molecule has 0 saturated carbocycles. The Morgan fingerprint density at radius 1 is 1.00 bits per heavy atom. The standard InChI is InChI=1S/C25H22F3N3O2/c26-25(27,28)20-10-4-9-19(12-20)21-15-31(24(33)18-7-2-1-3-8-18)16-22(21)23(32)30-14-17-6-5-11-29-13-17/h1-13,21-22H,14-16H2,(H,30,32). The molecule has 33 heavy (non-hydrogen) atoms. The number of alkyl halides is 3. The van der Waals surface area contributed by atoms with E-state index in [1.807, 2.05) is 6.07 Å². The summed E-state index contributed by atoms with van der Waals surface area (Å²) in [6, 6.07) is 17.2. The molecule has 3 aromatic rings. The van der Waals surface area contributed by atoms with Crippen LogP contribution in [0, 0.1) is 5.92 Å². The highest BCUT2D eigenvalue weighted by Gasteiger charge is 2.41. The summed E-state index contributed by atoms with van der Waals surface area (Å²) >= 11 is 0. The molecule has 5 nitrogen and oxygen atoms in total. The molecule has 1 fully saturated rings. The molecule has 2 heterocycles. The monoisotopic (exact) mass is 453 g/mol. The molecule has 1 aliphatic heterocycles. The highest BCUT2D eigenvalue weighted by Crippen LogP contribution is 2.37.